The summed E-state index contributed by atoms with van der Waals surface area (Å²) in [5, 5.41) is 11.0. The smallest absolute Gasteiger partial charge is 0.407 e. The van der Waals surface area contributed by atoms with Crippen LogP contribution in [0.2, 0.25) is 0 Å². The van der Waals surface area contributed by atoms with Gasteiger partial charge in [0.15, 0.2) is 0 Å². The van der Waals surface area contributed by atoms with E-state index in [1.165, 1.54) is 0 Å². The van der Waals surface area contributed by atoms with Gasteiger partial charge in [-0.3, -0.25) is 4.79 Å². The molecular weight excluding hydrogens is 350 g/mol. The Hall–Kier alpha value is -2.16. The van der Waals surface area contributed by atoms with Gasteiger partial charge in [0, 0.05) is 19.7 Å². The number of carbonyl (C=O) groups is 2. The van der Waals surface area contributed by atoms with Gasteiger partial charge in [-0.1, -0.05) is 5.21 Å². The van der Waals surface area contributed by atoms with Crippen LogP contribution in [0.1, 0.15) is 58.2 Å². The van der Waals surface area contributed by atoms with Crippen LogP contribution in [-0.4, -0.2) is 63.3 Å². The quantitative estimate of drug-likeness (QED) is 0.854. The molecule has 1 aromatic heterocycles. The number of amides is 2. The second-order valence-electron chi connectivity index (χ2n) is 8.13. The fraction of sp³-hybridized carbons (Fsp3) is 0.778. The lowest BCUT2D eigenvalue weighted by atomic mass is 10.0. The number of hydrogen-bond acceptors (Lipinski definition) is 6. The Balaban J connectivity index is 1.52. The van der Waals surface area contributed by atoms with Crippen LogP contribution in [-0.2, 0) is 20.8 Å². The monoisotopic (exact) mass is 379 g/mol. The van der Waals surface area contributed by atoms with Crippen molar-refractivity contribution in [2.24, 2.45) is 0 Å². The number of carbonyl (C=O) groups excluding carboxylic acids is 2. The highest BCUT2D eigenvalue weighted by Crippen LogP contribution is 2.23. The Kier molecular flexibility index (Phi) is 5.98. The van der Waals surface area contributed by atoms with Gasteiger partial charge in [0.25, 0.3) is 5.91 Å². The van der Waals surface area contributed by atoms with E-state index in [1.54, 1.807) is 4.68 Å². The zero-order valence-corrected chi connectivity index (χ0v) is 16.3. The van der Waals surface area contributed by atoms with E-state index in [4.69, 9.17) is 9.47 Å². The van der Waals surface area contributed by atoms with Crippen LogP contribution in [0.15, 0.2) is 6.20 Å². The first-order valence-electron chi connectivity index (χ1n) is 9.60. The average molecular weight is 379 g/mol. The second-order valence-corrected chi connectivity index (χ2v) is 8.13. The van der Waals surface area contributed by atoms with Gasteiger partial charge in [0.1, 0.15) is 17.4 Å². The molecule has 2 fully saturated rings. The predicted octanol–water partition coefficient (Wildman–Crippen LogP) is 1.65. The third kappa shape index (κ3) is 5.41. The van der Waals surface area contributed by atoms with E-state index in [0.717, 1.165) is 32.2 Å². The first-order valence-corrected chi connectivity index (χ1v) is 9.60. The minimum Gasteiger partial charge on any atom is -0.444 e. The summed E-state index contributed by atoms with van der Waals surface area (Å²) in [4.78, 5) is 26.2. The minimum atomic E-state index is -0.539. The lowest BCUT2D eigenvalue weighted by Crippen LogP contribution is -2.45. The molecule has 0 bridgehead atoms. The molecule has 0 radical (unpaired) electrons. The van der Waals surface area contributed by atoms with Crippen LogP contribution in [0.3, 0.4) is 0 Å². The molecule has 9 nitrogen and oxygen atoms in total. The van der Waals surface area contributed by atoms with Crippen molar-refractivity contribution in [2.75, 3.05) is 19.7 Å². The molecule has 3 rings (SSSR count). The second kappa shape index (κ2) is 8.24. The van der Waals surface area contributed by atoms with E-state index in [1.807, 2.05) is 31.9 Å². The SMILES string of the molecule is CC(C)(C)OC(=O)NCc1cn(C2CCCN(C(=O)[C@@H]3CCCO3)C2)nn1. The van der Waals surface area contributed by atoms with E-state index in [9.17, 15) is 9.59 Å². The molecule has 1 N–H and O–H groups in total. The number of aromatic nitrogens is 3. The minimum absolute atomic E-state index is 0.0872. The molecule has 150 valence electrons. The van der Waals surface area contributed by atoms with Crippen LogP contribution in [0.25, 0.3) is 0 Å². The molecule has 3 heterocycles. The van der Waals surface area contributed by atoms with Gasteiger partial charge in [-0.05, 0) is 46.5 Å². The molecule has 2 atom stereocenters. The number of likely N-dealkylation sites (tertiary alicyclic amines) is 1. The van der Waals surface area contributed by atoms with E-state index in [0.29, 0.717) is 18.8 Å². The summed E-state index contributed by atoms with van der Waals surface area (Å²) in [6, 6.07) is 0.0897. The van der Waals surface area contributed by atoms with Crippen molar-refractivity contribution in [1.29, 1.82) is 0 Å². The molecule has 27 heavy (non-hydrogen) atoms. The lowest BCUT2D eigenvalue weighted by Gasteiger charge is -2.33. The van der Waals surface area contributed by atoms with Gasteiger partial charge in [-0.15, -0.1) is 5.10 Å². The highest BCUT2D eigenvalue weighted by molar-refractivity contribution is 5.81. The third-order valence-electron chi connectivity index (χ3n) is 4.66. The van der Waals surface area contributed by atoms with Crippen molar-refractivity contribution in [3.63, 3.8) is 0 Å². The predicted molar refractivity (Wildman–Crippen MR) is 96.9 cm³/mol. The summed E-state index contributed by atoms with van der Waals surface area (Å²) in [6.45, 7) is 7.74. The molecule has 0 saturated carbocycles. The zero-order valence-electron chi connectivity index (χ0n) is 16.3. The summed E-state index contributed by atoms with van der Waals surface area (Å²) in [5.41, 5.74) is 0.117. The normalized spacial score (nSPS) is 23.3. The molecule has 9 heteroatoms. The van der Waals surface area contributed by atoms with Gasteiger partial charge in [0.2, 0.25) is 0 Å². The summed E-state index contributed by atoms with van der Waals surface area (Å²) in [6.07, 6.45) is 4.68. The van der Waals surface area contributed by atoms with Crippen molar-refractivity contribution < 1.29 is 19.1 Å². The van der Waals surface area contributed by atoms with Crippen molar-refractivity contribution in [3.8, 4) is 0 Å². The number of alkyl carbamates (subject to hydrolysis) is 1. The lowest BCUT2D eigenvalue weighted by molar-refractivity contribution is -0.142. The standard InChI is InChI=1S/C18H29N5O4/c1-18(2,3)27-17(25)19-10-13-11-23(21-20-13)14-6-4-8-22(12-14)16(24)15-7-5-9-26-15/h11,14-15H,4-10,12H2,1-3H3,(H,19,25)/t14?,15-/m0/s1. The fourth-order valence-electron chi connectivity index (χ4n) is 3.40. The highest BCUT2D eigenvalue weighted by Gasteiger charge is 2.32. The number of ether oxygens (including phenoxy) is 2. The Morgan fingerprint density at radius 1 is 1.33 bits per heavy atom. The maximum absolute atomic E-state index is 12.6. The molecule has 2 aliphatic rings. The first kappa shape index (κ1) is 19.6. The molecular formula is C18H29N5O4. The van der Waals surface area contributed by atoms with Crippen molar-refractivity contribution in [2.45, 2.75) is 70.7 Å². The zero-order chi connectivity index (χ0) is 19.4. The largest absolute Gasteiger partial charge is 0.444 e. The van der Waals surface area contributed by atoms with Crippen molar-refractivity contribution in [3.05, 3.63) is 11.9 Å². The van der Waals surface area contributed by atoms with Crippen LogP contribution in [0.4, 0.5) is 4.79 Å². The van der Waals surface area contributed by atoms with Gasteiger partial charge in [0.05, 0.1) is 18.8 Å². The Morgan fingerprint density at radius 3 is 2.85 bits per heavy atom. The first-order chi connectivity index (χ1) is 12.8. The Labute approximate surface area is 159 Å². The van der Waals surface area contributed by atoms with E-state index >= 15 is 0 Å². The van der Waals surface area contributed by atoms with E-state index < -0.39 is 11.7 Å². The van der Waals surface area contributed by atoms with Gasteiger partial charge in [-0.25, -0.2) is 9.48 Å². The number of piperidine rings is 1. The summed E-state index contributed by atoms with van der Waals surface area (Å²) < 4.78 is 12.5. The fourth-order valence-corrected chi connectivity index (χ4v) is 3.40. The van der Waals surface area contributed by atoms with Crippen molar-refractivity contribution >= 4 is 12.0 Å². The Bertz CT molecular complexity index is 663. The maximum Gasteiger partial charge on any atom is 0.407 e. The molecule has 0 aliphatic carbocycles. The number of hydrogen-bond donors (Lipinski definition) is 1. The van der Waals surface area contributed by atoms with Gasteiger partial charge in [-0.2, -0.15) is 0 Å². The summed E-state index contributed by atoms with van der Waals surface area (Å²) in [5.74, 6) is 0.0872. The topological polar surface area (TPSA) is 98.6 Å². The van der Waals surface area contributed by atoms with Crippen LogP contribution >= 0.6 is 0 Å². The van der Waals surface area contributed by atoms with E-state index in [2.05, 4.69) is 15.6 Å². The molecule has 1 unspecified atom stereocenters. The third-order valence-corrected chi connectivity index (χ3v) is 4.66. The molecule has 1 aromatic rings. The van der Waals surface area contributed by atoms with Crippen LogP contribution in [0, 0.1) is 0 Å². The molecule has 2 aliphatic heterocycles. The number of nitrogens with zero attached hydrogens (tertiary/aromatic N) is 4. The van der Waals surface area contributed by atoms with E-state index in [-0.39, 0.29) is 24.6 Å². The molecule has 2 amide bonds. The maximum atomic E-state index is 12.6. The molecule has 0 aromatic carbocycles. The molecule has 2 saturated heterocycles. The average Bonchev–Trinajstić information content (AvgIpc) is 3.30. The van der Waals surface area contributed by atoms with Crippen LogP contribution < -0.4 is 5.32 Å². The Morgan fingerprint density at radius 2 is 2.15 bits per heavy atom. The van der Waals surface area contributed by atoms with Crippen LogP contribution in [0.5, 0.6) is 0 Å². The summed E-state index contributed by atoms with van der Waals surface area (Å²) >= 11 is 0. The number of rotatable bonds is 4. The summed E-state index contributed by atoms with van der Waals surface area (Å²) in [7, 11) is 0. The van der Waals surface area contributed by atoms with Crippen molar-refractivity contribution in [1.82, 2.24) is 25.2 Å². The van der Waals surface area contributed by atoms with Gasteiger partial charge >= 0.3 is 6.09 Å². The van der Waals surface area contributed by atoms with Gasteiger partial charge < -0.3 is 19.7 Å². The number of nitrogens with one attached hydrogen (secondary N) is 1. The molecule has 0 spiro atoms. The highest BCUT2D eigenvalue weighted by atomic mass is 16.6.